The average molecular weight is 432 g/mol. The van der Waals surface area contributed by atoms with Crippen LogP contribution in [0.5, 0.6) is 5.75 Å². The first-order valence-electron chi connectivity index (χ1n) is 6.01. The molecule has 24 heavy (non-hydrogen) atoms. The minimum Gasteiger partial charge on any atom is -0.406 e. The summed E-state index contributed by atoms with van der Waals surface area (Å²) in [6.07, 6.45) is -4.93. The molecule has 11 heteroatoms. The van der Waals surface area contributed by atoms with Crippen molar-refractivity contribution in [3.05, 3.63) is 52.5 Å². The quantitative estimate of drug-likeness (QED) is 0.728. The number of hydrogen-bond donors (Lipinski definition) is 1. The van der Waals surface area contributed by atoms with Crippen LogP contribution in [0.2, 0.25) is 0 Å². The minimum atomic E-state index is -4.93. The number of hydrogen-bond acceptors (Lipinski definition) is 3. The number of sulfonamides is 1. The van der Waals surface area contributed by atoms with Gasteiger partial charge in [-0.1, -0.05) is 15.9 Å². The monoisotopic (exact) mass is 431 g/mol. The van der Waals surface area contributed by atoms with Crippen molar-refractivity contribution in [1.29, 1.82) is 0 Å². The summed E-state index contributed by atoms with van der Waals surface area (Å²) >= 11 is 2.84. The highest BCUT2D eigenvalue weighted by Gasteiger charge is 2.31. The maximum atomic E-state index is 13.7. The van der Waals surface area contributed by atoms with Gasteiger partial charge in [0.25, 0.3) is 10.0 Å². The van der Waals surface area contributed by atoms with Crippen LogP contribution in [0.1, 0.15) is 0 Å². The van der Waals surface area contributed by atoms with E-state index in [0.717, 1.165) is 36.4 Å². The molecule has 130 valence electrons. The van der Waals surface area contributed by atoms with Gasteiger partial charge in [0.2, 0.25) is 0 Å². The van der Waals surface area contributed by atoms with E-state index in [9.17, 15) is 30.4 Å². The van der Waals surface area contributed by atoms with E-state index in [4.69, 9.17) is 0 Å². The molecule has 2 aromatic rings. The van der Waals surface area contributed by atoms with Crippen LogP contribution in [0.25, 0.3) is 0 Å². The van der Waals surface area contributed by atoms with Crippen LogP contribution in [0.3, 0.4) is 0 Å². The summed E-state index contributed by atoms with van der Waals surface area (Å²) in [5.41, 5.74) is -0.909. The molecule has 4 nitrogen and oxygen atoms in total. The Labute approximate surface area is 141 Å². The van der Waals surface area contributed by atoms with Crippen LogP contribution in [0.15, 0.2) is 45.8 Å². The van der Waals surface area contributed by atoms with E-state index in [1.165, 1.54) is 0 Å². The zero-order valence-electron chi connectivity index (χ0n) is 11.4. The first-order valence-corrected chi connectivity index (χ1v) is 8.29. The first kappa shape index (κ1) is 18.5. The number of nitrogens with one attached hydrogen (secondary N) is 1. The second-order valence-electron chi connectivity index (χ2n) is 4.37. The Balaban J connectivity index is 2.28. The van der Waals surface area contributed by atoms with Gasteiger partial charge in [-0.2, -0.15) is 0 Å². The van der Waals surface area contributed by atoms with Crippen molar-refractivity contribution in [3.8, 4) is 5.75 Å². The maximum absolute atomic E-state index is 13.7. The van der Waals surface area contributed by atoms with Crippen molar-refractivity contribution in [2.45, 2.75) is 11.3 Å². The molecule has 0 saturated heterocycles. The smallest absolute Gasteiger partial charge is 0.406 e. The predicted molar refractivity (Wildman–Crippen MR) is 78.0 cm³/mol. The molecule has 0 saturated carbocycles. The van der Waals surface area contributed by atoms with Crippen LogP contribution in [0.4, 0.5) is 27.6 Å². The lowest BCUT2D eigenvalue weighted by atomic mass is 10.3. The Morgan fingerprint density at radius 1 is 1.00 bits per heavy atom. The third-order valence-corrected chi connectivity index (χ3v) is 4.43. The molecule has 0 aliphatic heterocycles. The fourth-order valence-electron chi connectivity index (χ4n) is 1.65. The Bertz CT molecular complexity index is 830. The molecule has 0 spiro atoms. The zero-order chi connectivity index (χ0) is 18.1. The van der Waals surface area contributed by atoms with Gasteiger partial charge in [-0.3, -0.25) is 4.72 Å². The highest BCUT2D eigenvalue weighted by molar-refractivity contribution is 9.10. The summed E-state index contributed by atoms with van der Waals surface area (Å²) < 4.78 is 93.0. The fraction of sp³-hybridized carbons (Fsp3) is 0.0769. The molecule has 2 aromatic carbocycles. The van der Waals surface area contributed by atoms with Gasteiger partial charge in [-0.15, -0.1) is 13.2 Å². The summed E-state index contributed by atoms with van der Waals surface area (Å²) in [6, 6.07) is 4.82. The molecule has 0 aromatic heterocycles. The molecule has 0 radical (unpaired) electrons. The van der Waals surface area contributed by atoms with Crippen molar-refractivity contribution in [2.75, 3.05) is 4.72 Å². The Morgan fingerprint density at radius 3 is 1.96 bits per heavy atom. The lowest BCUT2D eigenvalue weighted by Crippen LogP contribution is -2.18. The Morgan fingerprint density at radius 2 is 1.50 bits per heavy atom. The fourth-order valence-corrected chi connectivity index (χ4v) is 3.13. The van der Waals surface area contributed by atoms with Crippen molar-refractivity contribution in [3.63, 3.8) is 0 Å². The van der Waals surface area contributed by atoms with Gasteiger partial charge in [-0.25, -0.2) is 17.2 Å². The molecular weight excluding hydrogens is 425 g/mol. The number of ether oxygens (including phenoxy) is 1. The summed E-state index contributed by atoms with van der Waals surface area (Å²) in [5.74, 6) is -2.97. The topological polar surface area (TPSA) is 55.4 Å². The Hall–Kier alpha value is -1.88. The van der Waals surface area contributed by atoms with Crippen LogP contribution in [-0.2, 0) is 10.0 Å². The lowest BCUT2D eigenvalue weighted by molar-refractivity contribution is -0.274. The molecular formula is C13H7BrF5NO3S. The molecule has 0 aliphatic rings. The summed E-state index contributed by atoms with van der Waals surface area (Å²) in [4.78, 5) is -0.501. The summed E-state index contributed by atoms with van der Waals surface area (Å²) in [6.45, 7) is 0. The van der Waals surface area contributed by atoms with E-state index in [0.29, 0.717) is 0 Å². The number of halogens is 6. The minimum absolute atomic E-state index is 0.0640. The lowest BCUT2D eigenvalue weighted by Gasteiger charge is -2.12. The van der Waals surface area contributed by atoms with E-state index >= 15 is 0 Å². The van der Waals surface area contributed by atoms with Gasteiger partial charge < -0.3 is 4.74 Å². The number of anilines is 1. The van der Waals surface area contributed by atoms with Gasteiger partial charge in [0, 0.05) is 4.47 Å². The van der Waals surface area contributed by atoms with E-state index < -0.39 is 44.4 Å². The number of rotatable bonds is 4. The van der Waals surface area contributed by atoms with Gasteiger partial charge >= 0.3 is 6.36 Å². The molecule has 2 rings (SSSR count). The predicted octanol–water partition coefficient (Wildman–Crippen LogP) is 4.43. The van der Waals surface area contributed by atoms with Gasteiger partial charge in [-0.05, 0) is 36.4 Å². The van der Waals surface area contributed by atoms with Crippen molar-refractivity contribution in [1.82, 2.24) is 0 Å². The maximum Gasteiger partial charge on any atom is 0.573 e. The highest BCUT2D eigenvalue weighted by Crippen LogP contribution is 2.28. The highest BCUT2D eigenvalue weighted by atomic mass is 79.9. The van der Waals surface area contributed by atoms with E-state index in [1.54, 1.807) is 4.72 Å². The normalized spacial score (nSPS) is 12.1. The third-order valence-electron chi connectivity index (χ3n) is 2.61. The van der Waals surface area contributed by atoms with E-state index in [2.05, 4.69) is 20.7 Å². The van der Waals surface area contributed by atoms with Crippen LogP contribution in [-0.4, -0.2) is 14.8 Å². The molecule has 0 aliphatic carbocycles. The van der Waals surface area contributed by atoms with Crippen molar-refractivity contribution < 1.29 is 35.1 Å². The largest absolute Gasteiger partial charge is 0.573 e. The molecule has 0 fully saturated rings. The SMILES string of the molecule is O=S(=O)(Nc1c(F)cc(Br)cc1F)c1ccc(OC(F)(F)F)cc1. The number of alkyl halides is 3. The van der Waals surface area contributed by atoms with Crippen molar-refractivity contribution in [2.24, 2.45) is 0 Å². The first-order chi connectivity index (χ1) is 11.0. The van der Waals surface area contributed by atoms with Gasteiger partial charge in [0.1, 0.15) is 11.4 Å². The second kappa shape index (κ2) is 6.55. The summed E-state index contributed by atoms with van der Waals surface area (Å²) in [5, 5.41) is 0. The molecule has 1 N–H and O–H groups in total. The molecule has 0 unspecified atom stereocenters. The zero-order valence-corrected chi connectivity index (χ0v) is 13.8. The molecule has 0 heterocycles. The van der Waals surface area contributed by atoms with Crippen LogP contribution < -0.4 is 9.46 Å². The second-order valence-corrected chi connectivity index (χ2v) is 6.97. The average Bonchev–Trinajstić information content (AvgIpc) is 2.41. The standard InChI is InChI=1S/C13H7BrF5NO3S/c14-7-5-10(15)12(11(16)6-7)20-24(21,22)9-3-1-8(2-4-9)23-13(17,18)19/h1-6,20H. The van der Waals surface area contributed by atoms with E-state index in [1.807, 2.05) is 0 Å². The van der Waals surface area contributed by atoms with Gasteiger partial charge in [0.05, 0.1) is 4.90 Å². The molecule has 0 atom stereocenters. The van der Waals surface area contributed by atoms with Crippen LogP contribution >= 0.6 is 15.9 Å². The van der Waals surface area contributed by atoms with E-state index in [-0.39, 0.29) is 4.47 Å². The van der Waals surface area contributed by atoms with Crippen LogP contribution in [0, 0.1) is 11.6 Å². The molecule has 0 amide bonds. The Kier molecular flexibility index (Phi) is 5.04. The molecule has 0 bridgehead atoms. The van der Waals surface area contributed by atoms with Gasteiger partial charge in [0.15, 0.2) is 11.6 Å². The third kappa shape index (κ3) is 4.57. The summed E-state index contributed by atoms with van der Waals surface area (Å²) in [7, 11) is -4.41. The number of benzene rings is 2. The van der Waals surface area contributed by atoms with Crippen molar-refractivity contribution >= 4 is 31.6 Å².